The summed E-state index contributed by atoms with van der Waals surface area (Å²) in [4.78, 5) is 5.44. The summed E-state index contributed by atoms with van der Waals surface area (Å²) in [7, 11) is 0. The summed E-state index contributed by atoms with van der Waals surface area (Å²) in [6.07, 6.45) is 2.41. The topological polar surface area (TPSA) is 21.6 Å². The van der Waals surface area contributed by atoms with Crippen LogP contribution < -0.4 is 0 Å². The standard InChI is InChI=1S/C11H10BrNO/c12-11-9-6-5-7-3-1-2-4-8(7)10(9)14-13-11/h1-4,9-10H,5-6H2. The van der Waals surface area contributed by atoms with Crippen LogP contribution in [-0.2, 0) is 11.3 Å². The third-order valence-corrected chi connectivity index (χ3v) is 3.74. The van der Waals surface area contributed by atoms with Gasteiger partial charge in [0.2, 0.25) is 0 Å². The van der Waals surface area contributed by atoms with Crippen LogP contribution in [0.1, 0.15) is 23.7 Å². The number of hydrogen-bond acceptors (Lipinski definition) is 2. The zero-order chi connectivity index (χ0) is 9.54. The summed E-state index contributed by atoms with van der Waals surface area (Å²) in [6, 6.07) is 8.48. The Morgan fingerprint density at radius 1 is 1.36 bits per heavy atom. The number of benzene rings is 1. The highest BCUT2D eigenvalue weighted by Crippen LogP contribution is 2.42. The van der Waals surface area contributed by atoms with Gasteiger partial charge in [0.05, 0.1) is 5.92 Å². The van der Waals surface area contributed by atoms with Crippen molar-refractivity contribution in [2.24, 2.45) is 11.1 Å². The Morgan fingerprint density at radius 3 is 3.14 bits per heavy atom. The molecule has 2 atom stereocenters. The highest BCUT2D eigenvalue weighted by atomic mass is 79.9. The van der Waals surface area contributed by atoms with E-state index < -0.39 is 0 Å². The molecule has 0 bridgehead atoms. The predicted molar refractivity (Wildman–Crippen MR) is 58.4 cm³/mol. The van der Waals surface area contributed by atoms with E-state index in [1.807, 2.05) is 0 Å². The summed E-state index contributed by atoms with van der Waals surface area (Å²) >= 11 is 3.46. The minimum atomic E-state index is 0.148. The van der Waals surface area contributed by atoms with Crippen molar-refractivity contribution in [3.63, 3.8) is 0 Å². The van der Waals surface area contributed by atoms with Gasteiger partial charge in [-0.05, 0) is 39.9 Å². The number of nitrogens with zero attached hydrogens (tertiary/aromatic N) is 1. The molecule has 0 spiro atoms. The summed E-state index contributed by atoms with van der Waals surface area (Å²) in [5.74, 6) is 0.435. The Bertz CT molecular complexity index is 402. The zero-order valence-corrected chi connectivity index (χ0v) is 9.20. The molecule has 2 unspecified atom stereocenters. The van der Waals surface area contributed by atoms with E-state index in [0.717, 1.165) is 17.5 Å². The summed E-state index contributed by atoms with van der Waals surface area (Å²) in [6.45, 7) is 0. The summed E-state index contributed by atoms with van der Waals surface area (Å²) in [5, 5.41) is 4.01. The van der Waals surface area contributed by atoms with Gasteiger partial charge in [0.1, 0.15) is 4.62 Å². The molecule has 0 N–H and O–H groups in total. The molecule has 0 saturated heterocycles. The minimum absolute atomic E-state index is 0.148. The van der Waals surface area contributed by atoms with Gasteiger partial charge in [-0.3, -0.25) is 0 Å². The maximum absolute atomic E-state index is 5.44. The SMILES string of the molecule is BrC1=NOC2c3ccccc3CCC12. The number of hydrogen-bond donors (Lipinski definition) is 0. The normalized spacial score (nSPS) is 28.8. The molecule has 2 nitrogen and oxygen atoms in total. The average molecular weight is 252 g/mol. The highest BCUT2D eigenvalue weighted by molar-refractivity contribution is 9.18. The van der Waals surface area contributed by atoms with Crippen LogP contribution in [0.15, 0.2) is 29.4 Å². The second-order valence-corrected chi connectivity index (χ2v) is 4.60. The summed E-state index contributed by atoms with van der Waals surface area (Å²) < 4.78 is 0.969. The van der Waals surface area contributed by atoms with Gasteiger partial charge in [-0.1, -0.05) is 29.4 Å². The molecule has 1 aromatic carbocycles. The molecule has 0 saturated carbocycles. The molecule has 1 heterocycles. The molecule has 72 valence electrons. The molecule has 1 aromatic rings. The van der Waals surface area contributed by atoms with Crippen molar-refractivity contribution in [1.82, 2.24) is 0 Å². The van der Waals surface area contributed by atoms with Crippen LogP contribution in [0.25, 0.3) is 0 Å². The lowest BCUT2D eigenvalue weighted by molar-refractivity contribution is 0.0542. The maximum atomic E-state index is 5.44. The molecule has 0 aromatic heterocycles. The van der Waals surface area contributed by atoms with E-state index in [1.54, 1.807) is 0 Å². The van der Waals surface area contributed by atoms with Gasteiger partial charge in [-0.25, -0.2) is 0 Å². The largest absolute Gasteiger partial charge is 0.386 e. The monoisotopic (exact) mass is 251 g/mol. The van der Waals surface area contributed by atoms with E-state index in [2.05, 4.69) is 45.4 Å². The van der Waals surface area contributed by atoms with Gasteiger partial charge in [0.15, 0.2) is 6.10 Å². The molecule has 0 radical (unpaired) electrons. The van der Waals surface area contributed by atoms with Crippen LogP contribution in [0.4, 0.5) is 0 Å². The van der Waals surface area contributed by atoms with E-state index in [-0.39, 0.29) is 6.10 Å². The zero-order valence-electron chi connectivity index (χ0n) is 7.61. The molecular formula is C11H10BrNO. The predicted octanol–water partition coefficient (Wildman–Crippen LogP) is 3.03. The lowest BCUT2D eigenvalue weighted by Crippen LogP contribution is -2.20. The molecule has 3 heteroatoms. The molecule has 0 fully saturated rings. The fraction of sp³-hybridized carbons (Fsp3) is 0.364. The molecule has 14 heavy (non-hydrogen) atoms. The first-order valence-electron chi connectivity index (χ1n) is 4.83. The van der Waals surface area contributed by atoms with E-state index in [9.17, 15) is 0 Å². The number of rotatable bonds is 0. The van der Waals surface area contributed by atoms with E-state index in [1.165, 1.54) is 11.1 Å². The highest BCUT2D eigenvalue weighted by Gasteiger charge is 2.37. The van der Waals surface area contributed by atoms with Crippen LogP contribution in [0.5, 0.6) is 0 Å². The second-order valence-electron chi connectivity index (χ2n) is 3.78. The van der Waals surface area contributed by atoms with Crippen molar-refractivity contribution in [3.05, 3.63) is 35.4 Å². The van der Waals surface area contributed by atoms with Gasteiger partial charge in [0.25, 0.3) is 0 Å². The molecule has 1 aliphatic carbocycles. The van der Waals surface area contributed by atoms with Crippen LogP contribution in [0.3, 0.4) is 0 Å². The third-order valence-electron chi connectivity index (χ3n) is 3.01. The lowest BCUT2D eigenvalue weighted by atomic mass is 9.82. The molecule has 1 aliphatic heterocycles. The lowest BCUT2D eigenvalue weighted by Gasteiger charge is -2.25. The van der Waals surface area contributed by atoms with Gasteiger partial charge in [0, 0.05) is 0 Å². The van der Waals surface area contributed by atoms with Crippen LogP contribution in [0, 0.1) is 5.92 Å². The van der Waals surface area contributed by atoms with Crippen molar-refractivity contribution in [1.29, 1.82) is 0 Å². The summed E-state index contributed by atoms with van der Waals surface area (Å²) in [5.41, 5.74) is 2.72. The van der Waals surface area contributed by atoms with Crippen molar-refractivity contribution in [3.8, 4) is 0 Å². The first kappa shape index (κ1) is 8.48. The second kappa shape index (κ2) is 3.09. The Hall–Kier alpha value is -0.830. The van der Waals surface area contributed by atoms with E-state index >= 15 is 0 Å². The molecular weight excluding hydrogens is 242 g/mol. The number of aryl methyl sites for hydroxylation is 1. The third kappa shape index (κ3) is 1.12. The average Bonchev–Trinajstić information content (AvgIpc) is 2.61. The minimum Gasteiger partial charge on any atom is -0.386 e. The number of halogens is 1. The van der Waals surface area contributed by atoms with Gasteiger partial charge >= 0.3 is 0 Å². The first-order valence-corrected chi connectivity index (χ1v) is 5.62. The Morgan fingerprint density at radius 2 is 2.21 bits per heavy atom. The Kier molecular flexibility index (Phi) is 1.87. The molecule has 2 aliphatic rings. The van der Waals surface area contributed by atoms with Crippen molar-refractivity contribution in [2.75, 3.05) is 0 Å². The van der Waals surface area contributed by atoms with Crippen LogP contribution >= 0.6 is 15.9 Å². The Labute approximate surface area is 91.1 Å². The van der Waals surface area contributed by atoms with E-state index in [0.29, 0.717) is 5.92 Å². The maximum Gasteiger partial charge on any atom is 0.161 e. The fourth-order valence-corrected chi connectivity index (χ4v) is 2.82. The van der Waals surface area contributed by atoms with E-state index in [4.69, 9.17) is 4.84 Å². The number of oxime groups is 1. The van der Waals surface area contributed by atoms with Gasteiger partial charge in [-0.15, -0.1) is 0 Å². The van der Waals surface area contributed by atoms with Crippen LogP contribution in [0.2, 0.25) is 0 Å². The Balaban J connectivity index is 2.05. The quantitative estimate of drug-likeness (QED) is 0.695. The molecule has 3 rings (SSSR count). The van der Waals surface area contributed by atoms with Crippen molar-refractivity contribution in [2.45, 2.75) is 18.9 Å². The van der Waals surface area contributed by atoms with Crippen molar-refractivity contribution >= 4 is 20.6 Å². The van der Waals surface area contributed by atoms with Gasteiger partial charge < -0.3 is 4.84 Å². The fourth-order valence-electron chi connectivity index (χ4n) is 2.27. The number of fused-ring (bicyclic) bond motifs is 3. The van der Waals surface area contributed by atoms with Crippen LogP contribution in [-0.4, -0.2) is 4.62 Å². The molecule has 0 amide bonds. The van der Waals surface area contributed by atoms with Gasteiger partial charge in [-0.2, -0.15) is 0 Å². The first-order chi connectivity index (χ1) is 6.86. The van der Waals surface area contributed by atoms with Crippen molar-refractivity contribution < 1.29 is 4.84 Å². The smallest absolute Gasteiger partial charge is 0.161 e.